The Bertz CT molecular complexity index is 358. The molecule has 82 valence electrons. The second-order valence-electron chi connectivity index (χ2n) is 5.27. The lowest BCUT2D eigenvalue weighted by molar-refractivity contribution is 0.207. The van der Waals surface area contributed by atoms with Crippen molar-refractivity contribution in [1.82, 2.24) is 0 Å². The molecule has 3 atom stereocenters. The summed E-state index contributed by atoms with van der Waals surface area (Å²) in [6.07, 6.45) is 1.17. The van der Waals surface area contributed by atoms with Crippen molar-refractivity contribution in [2.24, 2.45) is 11.3 Å². The molecule has 1 saturated carbocycles. The molecule has 1 heteroatoms. The van der Waals surface area contributed by atoms with E-state index in [0.29, 0.717) is 18.4 Å². The van der Waals surface area contributed by atoms with E-state index in [0.717, 1.165) is 0 Å². The summed E-state index contributed by atoms with van der Waals surface area (Å²) >= 11 is 0. The van der Waals surface area contributed by atoms with Gasteiger partial charge in [0, 0.05) is 6.61 Å². The molecule has 1 fully saturated rings. The topological polar surface area (TPSA) is 20.2 Å². The molecule has 2 rings (SSSR count). The third kappa shape index (κ3) is 1.81. The Morgan fingerprint density at radius 2 is 2.13 bits per heavy atom. The quantitative estimate of drug-likeness (QED) is 0.802. The highest BCUT2D eigenvalue weighted by atomic mass is 16.3. The Labute approximate surface area is 92.1 Å². The minimum absolute atomic E-state index is 0.182. The maximum Gasteiger partial charge on any atom is 0.0487 e. The molecule has 1 N–H and O–H groups in total. The Morgan fingerprint density at radius 1 is 1.47 bits per heavy atom. The van der Waals surface area contributed by atoms with Crippen molar-refractivity contribution in [3.05, 3.63) is 35.4 Å². The third-order valence-corrected chi connectivity index (χ3v) is 4.07. The van der Waals surface area contributed by atoms with E-state index in [1.165, 1.54) is 17.5 Å². The molecule has 0 saturated heterocycles. The first-order valence-electron chi connectivity index (χ1n) is 5.75. The lowest BCUT2D eigenvalue weighted by atomic mass is 9.89. The van der Waals surface area contributed by atoms with Crippen molar-refractivity contribution in [2.45, 2.75) is 33.1 Å². The number of hydrogen-bond acceptors (Lipinski definition) is 1. The molecule has 0 spiro atoms. The number of aliphatic hydroxyl groups is 1. The van der Waals surface area contributed by atoms with Crippen LogP contribution < -0.4 is 0 Å². The Morgan fingerprint density at radius 3 is 2.67 bits per heavy atom. The largest absolute Gasteiger partial charge is 0.396 e. The van der Waals surface area contributed by atoms with Crippen molar-refractivity contribution in [3.8, 4) is 0 Å². The van der Waals surface area contributed by atoms with Gasteiger partial charge in [-0.2, -0.15) is 0 Å². The predicted molar refractivity (Wildman–Crippen MR) is 62.9 cm³/mol. The molecular formula is C14H20O. The number of hydrogen-bond donors (Lipinski definition) is 1. The Hall–Kier alpha value is -0.820. The number of aliphatic hydroxyl groups excluding tert-OH is 1. The highest BCUT2D eigenvalue weighted by molar-refractivity contribution is 5.31. The first-order chi connectivity index (χ1) is 7.08. The van der Waals surface area contributed by atoms with E-state index in [2.05, 4.69) is 45.0 Å². The van der Waals surface area contributed by atoms with Gasteiger partial charge in [-0.15, -0.1) is 0 Å². The molecule has 1 aliphatic carbocycles. The second kappa shape index (κ2) is 3.64. The summed E-state index contributed by atoms with van der Waals surface area (Å²) in [4.78, 5) is 0. The summed E-state index contributed by atoms with van der Waals surface area (Å²) in [5.41, 5.74) is 3.00. The second-order valence-corrected chi connectivity index (χ2v) is 5.27. The molecule has 0 radical (unpaired) electrons. The van der Waals surface area contributed by atoms with Crippen molar-refractivity contribution < 1.29 is 5.11 Å². The van der Waals surface area contributed by atoms with Crippen LogP contribution in [0.2, 0.25) is 0 Å². The molecule has 1 nitrogen and oxygen atoms in total. The molecule has 0 aliphatic heterocycles. The highest BCUT2D eigenvalue weighted by Crippen LogP contribution is 2.58. The lowest BCUT2D eigenvalue weighted by Crippen LogP contribution is -2.09. The van der Waals surface area contributed by atoms with E-state index >= 15 is 0 Å². The summed E-state index contributed by atoms with van der Waals surface area (Å²) in [7, 11) is 0. The van der Waals surface area contributed by atoms with Crippen LogP contribution in [0.4, 0.5) is 0 Å². The van der Waals surface area contributed by atoms with E-state index in [1.54, 1.807) is 0 Å². The van der Waals surface area contributed by atoms with Crippen LogP contribution in [0.25, 0.3) is 0 Å². The van der Waals surface area contributed by atoms with Crippen molar-refractivity contribution in [3.63, 3.8) is 0 Å². The van der Waals surface area contributed by atoms with E-state index in [4.69, 9.17) is 0 Å². The van der Waals surface area contributed by atoms with Gasteiger partial charge in [0.15, 0.2) is 0 Å². The van der Waals surface area contributed by atoms with E-state index in [1.807, 2.05) is 0 Å². The molecule has 0 amide bonds. The van der Waals surface area contributed by atoms with E-state index in [-0.39, 0.29) is 5.41 Å². The van der Waals surface area contributed by atoms with Gasteiger partial charge in [-0.05, 0) is 41.7 Å². The summed E-state index contributed by atoms with van der Waals surface area (Å²) < 4.78 is 0. The zero-order valence-electron chi connectivity index (χ0n) is 9.83. The van der Waals surface area contributed by atoms with Gasteiger partial charge in [0.2, 0.25) is 0 Å². The van der Waals surface area contributed by atoms with Gasteiger partial charge in [-0.25, -0.2) is 0 Å². The fraction of sp³-hybridized carbons (Fsp3) is 0.571. The van der Waals surface area contributed by atoms with Gasteiger partial charge in [-0.3, -0.25) is 0 Å². The smallest absolute Gasteiger partial charge is 0.0487 e. The zero-order chi connectivity index (χ0) is 11.1. The number of benzene rings is 1. The van der Waals surface area contributed by atoms with Gasteiger partial charge < -0.3 is 5.11 Å². The molecule has 15 heavy (non-hydrogen) atoms. The van der Waals surface area contributed by atoms with Crippen LogP contribution in [0, 0.1) is 18.3 Å². The van der Waals surface area contributed by atoms with Crippen LogP contribution in [0.5, 0.6) is 0 Å². The summed E-state index contributed by atoms with van der Waals surface area (Å²) in [5.74, 6) is 1.23. The maximum absolute atomic E-state index is 9.30. The van der Waals surface area contributed by atoms with Crippen molar-refractivity contribution >= 4 is 0 Å². The van der Waals surface area contributed by atoms with Gasteiger partial charge in [0.1, 0.15) is 0 Å². The average molecular weight is 204 g/mol. The van der Waals surface area contributed by atoms with Crippen LogP contribution >= 0.6 is 0 Å². The average Bonchev–Trinajstić information content (AvgIpc) is 2.92. The molecule has 1 aromatic carbocycles. The molecule has 1 aliphatic rings. The van der Waals surface area contributed by atoms with Crippen LogP contribution in [-0.2, 0) is 0 Å². The van der Waals surface area contributed by atoms with Crippen LogP contribution in [0.3, 0.4) is 0 Å². The summed E-state index contributed by atoms with van der Waals surface area (Å²) in [6, 6.07) is 8.59. The minimum atomic E-state index is 0.182. The van der Waals surface area contributed by atoms with Gasteiger partial charge in [0.25, 0.3) is 0 Å². The standard InChI is InChI=1S/C14H20O/c1-10-6-4-5-7-12(10)11(2)13-8-14(13,3)9-15/h4-7,11,13,15H,8-9H2,1-3H3/t11-,13+,14-/m1/s1. The van der Waals surface area contributed by atoms with Gasteiger partial charge in [-0.1, -0.05) is 38.1 Å². The monoisotopic (exact) mass is 204 g/mol. The van der Waals surface area contributed by atoms with Crippen LogP contribution in [-0.4, -0.2) is 11.7 Å². The molecule has 0 heterocycles. The fourth-order valence-electron chi connectivity index (χ4n) is 2.72. The SMILES string of the molecule is Cc1ccccc1[C@@H](C)[C@@H]1C[C@]1(C)CO. The Kier molecular flexibility index (Phi) is 2.59. The lowest BCUT2D eigenvalue weighted by Gasteiger charge is -2.17. The van der Waals surface area contributed by atoms with Crippen molar-refractivity contribution in [1.29, 1.82) is 0 Å². The van der Waals surface area contributed by atoms with E-state index < -0.39 is 0 Å². The number of aryl methyl sites for hydroxylation is 1. The normalized spacial score (nSPS) is 31.3. The molecule has 0 aromatic heterocycles. The van der Waals surface area contributed by atoms with Crippen LogP contribution in [0.15, 0.2) is 24.3 Å². The summed E-state index contributed by atoms with van der Waals surface area (Å²) in [5, 5.41) is 9.30. The fourth-order valence-corrected chi connectivity index (χ4v) is 2.72. The molecular weight excluding hydrogens is 184 g/mol. The van der Waals surface area contributed by atoms with Crippen molar-refractivity contribution in [2.75, 3.05) is 6.61 Å². The maximum atomic E-state index is 9.30. The Balaban J connectivity index is 2.17. The van der Waals surface area contributed by atoms with Gasteiger partial charge in [0.05, 0.1) is 0 Å². The molecule has 0 bridgehead atoms. The predicted octanol–water partition coefficient (Wildman–Crippen LogP) is 3.12. The first-order valence-corrected chi connectivity index (χ1v) is 5.75. The minimum Gasteiger partial charge on any atom is -0.396 e. The summed E-state index contributed by atoms with van der Waals surface area (Å²) in [6.45, 7) is 6.97. The number of rotatable bonds is 3. The first kappa shape index (κ1) is 10.7. The van der Waals surface area contributed by atoms with Crippen LogP contribution in [0.1, 0.15) is 37.3 Å². The third-order valence-electron chi connectivity index (χ3n) is 4.07. The molecule has 1 aromatic rings. The zero-order valence-corrected chi connectivity index (χ0v) is 9.83. The van der Waals surface area contributed by atoms with Gasteiger partial charge >= 0.3 is 0 Å². The van der Waals surface area contributed by atoms with E-state index in [9.17, 15) is 5.11 Å². The highest BCUT2D eigenvalue weighted by Gasteiger charge is 2.52. The molecule has 0 unspecified atom stereocenters.